The maximum atomic E-state index is 12.6. The molecule has 2 atom stereocenters. The van der Waals surface area contributed by atoms with Crippen LogP contribution >= 0.6 is 0 Å². The Morgan fingerprint density at radius 1 is 0.917 bits per heavy atom. The second-order valence-electron chi connectivity index (χ2n) is 6.50. The highest BCUT2D eigenvalue weighted by atomic mass is 16.2. The zero-order valence-corrected chi connectivity index (χ0v) is 14.4. The smallest absolute Gasteiger partial charge is 0.251 e. The molecule has 3 N–H and O–H groups in total. The van der Waals surface area contributed by atoms with Crippen LogP contribution in [-0.4, -0.2) is 23.8 Å². The van der Waals surface area contributed by atoms with Gasteiger partial charge in [0.2, 0.25) is 11.8 Å². The molecule has 0 spiro atoms. The molecule has 6 nitrogen and oxygen atoms in total. The molecule has 1 saturated carbocycles. The quantitative estimate of drug-likeness (QED) is 0.793. The average Bonchev–Trinajstić information content (AvgIpc) is 2.48. The Morgan fingerprint density at radius 3 is 1.96 bits per heavy atom. The van der Waals surface area contributed by atoms with Crippen molar-refractivity contribution < 1.29 is 14.4 Å². The van der Waals surface area contributed by atoms with Crippen LogP contribution in [0.25, 0.3) is 0 Å². The van der Waals surface area contributed by atoms with Crippen LogP contribution in [0, 0.1) is 5.92 Å². The van der Waals surface area contributed by atoms with Gasteiger partial charge in [0.15, 0.2) is 0 Å². The van der Waals surface area contributed by atoms with Crippen molar-refractivity contribution in [3.8, 4) is 0 Å². The Kier molecular flexibility index (Phi) is 5.95. The van der Waals surface area contributed by atoms with E-state index < -0.39 is 0 Å². The molecule has 24 heavy (non-hydrogen) atoms. The molecule has 0 bridgehead atoms. The molecule has 2 rings (SSSR count). The van der Waals surface area contributed by atoms with Crippen molar-refractivity contribution >= 4 is 29.1 Å². The summed E-state index contributed by atoms with van der Waals surface area (Å²) in [5.41, 5.74) is 1.38. The standard InChI is InChI=1S/C18H25N3O3/c1-11-6-4-5-7-17(11)21-18(24)14-8-15(19-12(2)22)10-16(9-14)20-13(3)23/h8-11,17H,4-7H2,1-3H3,(H,19,22)(H,20,23)(H,21,24)/t11-,17+/m0/s1. The summed E-state index contributed by atoms with van der Waals surface area (Å²) >= 11 is 0. The second-order valence-corrected chi connectivity index (χ2v) is 6.50. The van der Waals surface area contributed by atoms with E-state index in [-0.39, 0.29) is 23.8 Å². The van der Waals surface area contributed by atoms with Crippen molar-refractivity contribution in [3.63, 3.8) is 0 Å². The first kappa shape index (κ1) is 18.0. The molecule has 3 amide bonds. The summed E-state index contributed by atoms with van der Waals surface area (Å²) in [6.07, 6.45) is 4.43. The van der Waals surface area contributed by atoms with Crippen molar-refractivity contribution in [2.75, 3.05) is 10.6 Å². The van der Waals surface area contributed by atoms with Crippen LogP contribution < -0.4 is 16.0 Å². The Morgan fingerprint density at radius 2 is 1.46 bits per heavy atom. The summed E-state index contributed by atoms with van der Waals surface area (Å²) in [5, 5.41) is 8.39. The summed E-state index contributed by atoms with van der Waals surface area (Å²) in [6.45, 7) is 4.95. The van der Waals surface area contributed by atoms with Gasteiger partial charge < -0.3 is 16.0 Å². The minimum absolute atomic E-state index is 0.167. The molecule has 0 aliphatic heterocycles. The maximum Gasteiger partial charge on any atom is 0.251 e. The SMILES string of the molecule is CC(=O)Nc1cc(NC(C)=O)cc(C(=O)N[C@@H]2CCCC[C@@H]2C)c1. The van der Waals surface area contributed by atoms with E-state index in [1.165, 1.54) is 20.3 Å². The first-order valence-electron chi connectivity index (χ1n) is 8.36. The summed E-state index contributed by atoms with van der Waals surface area (Å²) in [5.74, 6) is -0.201. The summed E-state index contributed by atoms with van der Waals surface area (Å²) < 4.78 is 0. The molecule has 1 aromatic rings. The summed E-state index contributed by atoms with van der Waals surface area (Å²) in [6, 6.07) is 5.04. The van der Waals surface area contributed by atoms with E-state index in [1.807, 2.05) is 0 Å². The van der Waals surface area contributed by atoms with Crippen molar-refractivity contribution in [1.82, 2.24) is 5.32 Å². The lowest BCUT2D eigenvalue weighted by molar-refractivity contribution is -0.115. The molecule has 0 unspecified atom stereocenters. The van der Waals surface area contributed by atoms with Crippen LogP contribution in [0.4, 0.5) is 11.4 Å². The van der Waals surface area contributed by atoms with Gasteiger partial charge in [-0.15, -0.1) is 0 Å². The largest absolute Gasteiger partial charge is 0.349 e. The van der Waals surface area contributed by atoms with Gasteiger partial charge in [0, 0.05) is 36.8 Å². The van der Waals surface area contributed by atoms with Crippen molar-refractivity contribution in [2.24, 2.45) is 5.92 Å². The third kappa shape index (κ3) is 5.08. The molecular formula is C18H25N3O3. The first-order chi connectivity index (χ1) is 11.3. The van der Waals surface area contributed by atoms with Gasteiger partial charge in [0.25, 0.3) is 5.91 Å². The number of carbonyl (C=O) groups excluding carboxylic acids is 3. The number of benzene rings is 1. The Balaban J connectivity index is 2.20. The Labute approximate surface area is 142 Å². The van der Waals surface area contributed by atoms with Crippen LogP contribution in [0.3, 0.4) is 0 Å². The fourth-order valence-corrected chi connectivity index (χ4v) is 3.09. The van der Waals surface area contributed by atoms with Gasteiger partial charge in [-0.3, -0.25) is 14.4 Å². The van der Waals surface area contributed by atoms with Crippen molar-refractivity contribution in [1.29, 1.82) is 0 Å². The fourth-order valence-electron chi connectivity index (χ4n) is 3.09. The molecular weight excluding hydrogens is 306 g/mol. The molecule has 1 aromatic carbocycles. The molecule has 6 heteroatoms. The fraction of sp³-hybridized carbons (Fsp3) is 0.500. The number of nitrogens with one attached hydrogen (secondary N) is 3. The minimum Gasteiger partial charge on any atom is -0.349 e. The van der Waals surface area contributed by atoms with Gasteiger partial charge in [-0.2, -0.15) is 0 Å². The summed E-state index contributed by atoms with van der Waals surface area (Å²) in [4.78, 5) is 35.2. The molecule has 0 aromatic heterocycles. The molecule has 0 heterocycles. The van der Waals surface area contributed by atoms with Gasteiger partial charge in [-0.25, -0.2) is 0 Å². The van der Waals surface area contributed by atoms with Gasteiger partial charge in [0.1, 0.15) is 0 Å². The molecule has 0 saturated heterocycles. The monoisotopic (exact) mass is 331 g/mol. The molecule has 130 valence electrons. The Hall–Kier alpha value is -2.37. The molecule has 1 aliphatic carbocycles. The van der Waals surface area contributed by atoms with E-state index in [0.717, 1.165) is 19.3 Å². The molecule has 1 aliphatic rings. The predicted octanol–water partition coefficient (Wildman–Crippen LogP) is 2.91. The normalized spacial score (nSPS) is 20.1. The second kappa shape index (κ2) is 7.95. The zero-order chi connectivity index (χ0) is 17.7. The number of hydrogen-bond acceptors (Lipinski definition) is 3. The van der Waals surface area contributed by atoms with E-state index in [1.54, 1.807) is 18.2 Å². The van der Waals surface area contributed by atoms with Crippen LogP contribution in [0.5, 0.6) is 0 Å². The van der Waals surface area contributed by atoms with E-state index in [9.17, 15) is 14.4 Å². The third-order valence-corrected chi connectivity index (χ3v) is 4.26. The average molecular weight is 331 g/mol. The minimum atomic E-state index is -0.234. The van der Waals surface area contributed by atoms with Gasteiger partial charge in [-0.1, -0.05) is 19.8 Å². The third-order valence-electron chi connectivity index (χ3n) is 4.26. The summed E-state index contributed by atoms with van der Waals surface area (Å²) in [7, 11) is 0. The van der Waals surface area contributed by atoms with Crippen molar-refractivity contribution in [3.05, 3.63) is 23.8 Å². The van der Waals surface area contributed by atoms with E-state index >= 15 is 0 Å². The number of carbonyl (C=O) groups is 3. The maximum absolute atomic E-state index is 12.6. The van der Waals surface area contributed by atoms with Gasteiger partial charge >= 0.3 is 0 Å². The number of amides is 3. The van der Waals surface area contributed by atoms with Crippen LogP contribution in [-0.2, 0) is 9.59 Å². The lowest BCUT2D eigenvalue weighted by atomic mass is 9.86. The topological polar surface area (TPSA) is 87.3 Å². The molecule has 1 fully saturated rings. The van der Waals surface area contributed by atoms with Gasteiger partial charge in [0.05, 0.1) is 0 Å². The number of hydrogen-bond donors (Lipinski definition) is 3. The van der Waals surface area contributed by atoms with Crippen LogP contribution in [0.2, 0.25) is 0 Å². The zero-order valence-electron chi connectivity index (χ0n) is 14.4. The highest BCUT2D eigenvalue weighted by Crippen LogP contribution is 2.25. The highest BCUT2D eigenvalue weighted by molar-refractivity contribution is 6.00. The highest BCUT2D eigenvalue weighted by Gasteiger charge is 2.23. The van der Waals surface area contributed by atoms with Crippen LogP contribution in [0.1, 0.15) is 56.8 Å². The lowest BCUT2D eigenvalue weighted by Crippen LogP contribution is -2.41. The number of anilines is 2. The predicted molar refractivity (Wildman–Crippen MR) is 93.9 cm³/mol. The van der Waals surface area contributed by atoms with E-state index in [0.29, 0.717) is 22.9 Å². The van der Waals surface area contributed by atoms with Crippen LogP contribution in [0.15, 0.2) is 18.2 Å². The molecule has 0 radical (unpaired) electrons. The first-order valence-corrected chi connectivity index (χ1v) is 8.36. The van der Waals surface area contributed by atoms with E-state index in [4.69, 9.17) is 0 Å². The van der Waals surface area contributed by atoms with Gasteiger partial charge in [-0.05, 0) is 37.0 Å². The van der Waals surface area contributed by atoms with Crippen molar-refractivity contribution in [2.45, 2.75) is 52.5 Å². The lowest BCUT2D eigenvalue weighted by Gasteiger charge is -2.29. The van der Waals surface area contributed by atoms with E-state index in [2.05, 4.69) is 22.9 Å². The Bertz CT molecular complexity index is 608. The number of rotatable bonds is 4.